The summed E-state index contributed by atoms with van der Waals surface area (Å²) >= 11 is 3.73. The molecule has 2 rings (SSSR count). The molecule has 2 aliphatic carbocycles. The average molecular weight is 247 g/mol. The van der Waals surface area contributed by atoms with Crippen molar-refractivity contribution in [3.63, 3.8) is 0 Å². The fourth-order valence-electron chi connectivity index (χ4n) is 3.13. The van der Waals surface area contributed by atoms with Gasteiger partial charge >= 0.3 is 0 Å². The average Bonchev–Trinajstić information content (AvgIpc) is 2.71. The minimum atomic E-state index is 0.572. The third kappa shape index (κ3) is 2.10. The van der Waals surface area contributed by atoms with Crippen molar-refractivity contribution in [2.75, 3.05) is 7.11 Å². The zero-order valence-corrected chi connectivity index (χ0v) is 9.92. The largest absolute Gasteiger partial charge is 0.381 e. The van der Waals surface area contributed by atoms with Gasteiger partial charge in [0.05, 0.1) is 6.10 Å². The molecule has 4 unspecified atom stereocenters. The predicted octanol–water partition coefficient (Wildman–Crippen LogP) is 3.37. The van der Waals surface area contributed by atoms with E-state index in [9.17, 15) is 0 Å². The van der Waals surface area contributed by atoms with Crippen LogP contribution in [0.3, 0.4) is 0 Å². The Morgan fingerprint density at radius 1 is 1.15 bits per heavy atom. The summed E-state index contributed by atoms with van der Waals surface area (Å²) < 4.78 is 5.56. The maximum atomic E-state index is 5.56. The van der Waals surface area contributed by atoms with Crippen LogP contribution >= 0.6 is 15.9 Å². The highest BCUT2D eigenvalue weighted by atomic mass is 79.9. The van der Waals surface area contributed by atoms with Crippen molar-refractivity contribution in [2.24, 2.45) is 11.8 Å². The van der Waals surface area contributed by atoms with E-state index in [1.807, 2.05) is 7.11 Å². The van der Waals surface area contributed by atoms with Crippen molar-refractivity contribution in [1.82, 2.24) is 0 Å². The SMILES string of the molecule is COC1CCCC1C1CCC(Br)C1. The number of methoxy groups -OCH3 is 1. The van der Waals surface area contributed by atoms with Crippen LogP contribution in [-0.2, 0) is 4.74 Å². The van der Waals surface area contributed by atoms with E-state index in [0.29, 0.717) is 6.10 Å². The van der Waals surface area contributed by atoms with E-state index in [0.717, 1.165) is 16.7 Å². The number of ether oxygens (including phenoxy) is 1. The van der Waals surface area contributed by atoms with Gasteiger partial charge in [-0.25, -0.2) is 0 Å². The Hall–Kier alpha value is 0.440. The third-order valence-electron chi connectivity index (χ3n) is 3.82. The predicted molar refractivity (Wildman–Crippen MR) is 58.2 cm³/mol. The topological polar surface area (TPSA) is 9.23 Å². The highest BCUT2D eigenvalue weighted by Crippen LogP contribution is 2.43. The number of halogens is 1. The Labute approximate surface area is 89.4 Å². The molecule has 2 aliphatic rings. The molecular formula is C11H19BrO. The highest BCUT2D eigenvalue weighted by Gasteiger charge is 2.37. The van der Waals surface area contributed by atoms with Gasteiger partial charge in [0.15, 0.2) is 0 Å². The monoisotopic (exact) mass is 246 g/mol. The lowest BCUT2D eigenvalue weighted by Crippen LogP contribution is -2.23. The van der Waals surface area contributed by atoms with E-state index >= 15 is 0 Å². The summed E-state index contributed by atoms with van der Waals surface area (Å²) in [5, 5.41) is 0. The summed E-state index contributed by atoms with van der Waals surface area (Å²) in [4.78, 5) is 0.788. The lowest BCUT2D eigenvalue weighted by Gasteiger charge is -2.24. The van der Waals surface area contributed by atoms with Gasteiger partial charge in [-0.2, -0.15) is 0 Å². The summed E-state index contributed by atoms with van der Waals surface area (Å²) in [5.41, 5.74) is 0. The number of hydrogen-bond acceptors (Lipinski definition) is 1. The molecule has 0 amide bonds. The van der Waals surface area contributed by atoms with Crippen LogP contribution in [0.2, 0.25) is 0 Å². The third-order valence-corrected chi connectivity index (χ3v) is 4.65. The van der Waals surface area contributed by atoms with Crippen molar-refractivity contribution >= 4 is 15.9 Å². The van der Waals surface area contributed by atoms with Crippen LogP contribution in [0.4, 0.5) is 0 Å². The van der Waals surface area contributed by atoms with E-state index in [2.05, 4.69) is 15.9 Å². The van der Waals surface area contributed by atoms with Crippen LogP contribution in [0.1, 0.15) is 38.5 Å². The lowest BCUT2D eigenvalue weighted by molar-refractivity contribution is 0.0487. The highest BCUT2D eigenvalue weighted by molar-refractivity contribution is 9.09. The Morgan fingerprint density at radius 2 is 2.00 bits per heavy atom. The number of rotatable bonds is 2. The van der Waals surface area contributed by atoms with Crippen molar-refractivity contribution in [3.8, 4) is 0 Å². The van der Waals surface area contributed by atoms with Crippen LogP contribution < -0.4 is 0 Å². The van der Waals surface area contributed by atoms with Gasteiger partial charge in [0.2, 0.25) is 0 Å². The normalized spacial score (nSPS) is 45.7. The molecule has 4 atom stereocenters. The minimum Gasteiger partial charge on any atom is -0.381 e. The molecule has 2 heteroatoms. The van der Waals surface area contributed by atoms with Gasteiger partial charge in [-0.1, -0.05) is 22.4 Å². The Morgan fingerprint density at radius 3 is 2.62 bits per heavy atom. The maximum Gasteiger partial charge on any atom is 0.0602 e. The zero-order chi connectivity index (χ0) is 9.26. The van der Waals surface area contributed by atoms with E-state index in [-0.39, 0.29) is 0 Å². The van der Waals surface area contributed by atoms with E-state index in [1.54, 1.807) is 0 Å². The molecule has 13 heavy (non-hydrogen) atoms. The molecule has 76 valence electrons. The molecule has 0 saturated heterocycles. The number of hydrogen-bond donors (Lipinski definition) is 0. The first-order chi connectivity index (χ1) is 6.31. The fraction of sp³-hybridized carbons (Fsp3) is 1.00. The van der Waals surface area contributed by atoms with Gasteiger partial charge in [0, 0.05) is 11.9 Å². The van der Waals surface area contributed by atoms with Gasteiger partial charge in [0.25, 0.3) is 0 Å². The van der Waals surface area contributed by atoms with Gasteiger partial charge < -0.3 is 4.74 Å². The van der Waals surface area contributed by atoms with Crippen LogP contribution in [0.15, 0.2) is 0 Å². The van der Waals surface area contributed by atoms with E-state index in [1.165, 1.54) is 38.5 Å². The molecule has 0 bridgehead atoms. The molecule has 0 spiro atoms. The molecule has 0 aliphatic heterocycles. The molecule has 0 N–H and O–H groups in total. The molecule has 2 saturated carbocycles. The standard InChI is InChI=1S/C11H19BrO/c1-13-11-4-2-3-10(11)8-5-6-9(12)7-8/h8-11H,2-7H2,1H3. The van der Waals surface area contributed by atoms with Crippen molar-refractivity contribution in [2.45, 2.75) is 49.5 Å². The summed E-state index contributed by atoms with van der Waals surface area (Å²) in [6.07, 6.45) is 8.82. The second kappa shape index (κ2) is 4.31. The molecular weight excluding hydrogens is 228 g/mol. The van der Waals surface area contributed by atoms with Crippen LogP contribution in [0.25, 0.3) is 0 Å². The van der Waals surface area contributed by atoms with E-state index < -0.39 is 0 Å². The molecule has 0 aromatic rings. The summed E-state index contributed by atoms with van der Waals surface area (Å²) in [6.45, 7) is 0. The van der Waals surface area contributed by atoms with Crippen LogP contribution in [0.5, 0.6) is 0 Å². The number of alkyl halides is 1. The summed E-state index contributed by atoms with van der Waals surface area (Å²) in [6, 6.07) is 0. The Bertz CT molecular complexity index is 171. The molecule has 0 radical (unpaired) electrons. The van der Waals surface area contributed by atoms with E-state index in [4.69, 9.17) is 4.74 Å². The molecule has 0 aromatic carbocycles. The molecule has 2 fully saturated rings. The van der Waals surface area contributed by atoms with Gasteiger partial charge in [0.1, 0.15) is 0 Å². The Kier molecular flexibility index (Phi) is 3.31. The molecule has 1 nitrogen and oxygen atoms in total. The lowest BCUT2D eigenvalue weighted by atomic mass is 9.88. The zero-order valence-electron chi connectivity index (χ0n) is 8.34. The van der Waals surface area contributed by atoms with Crippen molar-refractivity contribution in [1.29, 1.82) is 0 Å². The van der Waals surface area contributed by atoms with Gasteiger partial charge in [-0.05, 0) is 43.9 Å². The first-order valence-electron chi connectivity index (χ1n) is 5.48. The van der Waals surface area contributed by atoms with Gasteiger partial charge in [-0.15, -0.1) is 0 Å². The maximum absolute atomic E-state index is 5.56. The first kappa shape index (κ1) is 9.97. The second-order valence-electron chi connectivity index (χ2n) is 4.54. The quantitative estimate of drug-likeness (QED) is 0.680. The van der Waals surface area contributed by atoms with Gasteiger partial charge in [-0.3, -0.25) is 0 Å². The van der Waals surface area contributed by atoms with Crippen LogP contribution in [0, 0.1) is 11.8 Å². The first-order valence-corrected chi connectivity index (χ1v) is 6.39. The summed E-state index contributed by atoms with van der Waals surface area (Å²) in [7, 11) is 1.88. The second-order valence-corrected chi connectivity index (χ2v) is 5.83. The molecule has 0 aromatic heterocycles. The van der Waals surface area contributed by atoms with Crippen molar-refractivity contribution < 1.29 is 4.74 Å². The van der Waals surface area contributed by atoms with Crippen molar-refractivity contribution in [3.05, 3.63) is 0 Å². The molecule has 0 heterocycles. The smallest absolute Gasteiger partial charge is 0.0602 e. The summed E-state index contributed by atoms with van der Waals surface area (Å²) in [5.74, 6) is 1.81. The van der Waals surface area contributed by atoms with Crippen LogP contribution in [-0.4, -0.2) is 18.0 Å². The Balaban J connectivity index is 1.92. The minimum absolute atomic E-state index is 0.572. The fourth-order valence-corrected chi connectivity index (χ4v) is 3.88.